The minimum Gasteiger partial charge on any atom is -0.271 e. The van der Waals surface area contributed by atoms with Gasteiger partial charge >= 0.3 is 0 Å². The van der Waals surface area contributed by atoms with Crippen LogP contribution >= 0.6 is 0 Å². The molecule has 1 unspecified atom stereocenters. The van der Waals surface area contributed by atoms with Gasteiger partial charge in [-0.05, 0) is 30.2 Å². The van der Waals surface area contributed by atoms with Crippen molar-refractivity contribution in [1.29, 1.82) is 0 Å². The topological polar surface area (TPSA) is 72.2 Å². The van der Waals surface area contributed by atoms with Gasteiger partial charge in [0.1, 0.15) is 0 Å². The van der Waals surface area contributed by atoms with Crippen LogP contribution in [0, 0.1) is 6.92 Å². The molecule has 0 aliphatic carbocycles. The number of hydrogen-bond acceptors (Lipinski definition) is 4. The normalized spacial score (nSPS) is 13.2. The van der Waals surface area contributed by atoms with Gasteiger partial charge in [-0.2, -0.15) is 0 Å². The van der Waals surface area contributed by atoms with Crippen LogP contribution < -0.4 is 11.3 Å². The highest BCUT2D eigenvalue weighted by molar-refractivity contribution is 7.90. The summed E-state index contributed by atoms with van der Waals surface area (Å²) in [6.45, 7) is 2.00. The van der Waals surface area contributed by atoms with Crippen LogP contribution in [0.4, 0.5) is 0 Å². The average Bonchev–Trinajstić information content (AvgIpc) is 2.39. The second kappa shape index (κ2) is 5.75. The van der Waals surface area contributed by atoms with E-state index in [-0.39, 0.29) is 6.04 Å². The lowest BCUT2D eigenvalue weighted by Gasteiger charge is -2.18. The van der Waals surface area contributed by atoms with Gasteiger partial charge in [0.05, 0.1) is 10.9 Å². The van der Waals surface area contributed by atoms with E-state index in [1.54, 1.807) is 18.2 Å². The molecule has 0 aromatic heterocycles. The van der Waals surface area contributed by atoms with Crippen molar-refractivity contribution < 1.29 is 8.42 Å². The number of rotatable bonds is 4. The molecule has 0 radical (unpaired) electrons. The first kappa shape index (κ1) is 14.7. The molecule has 0 fully saturated rings. The van der Waals surface area contributed by atoms with Crippen molar-refractivity contribution in [1.82, 2.24) is 5.43 Å². The Morgan fingerprint density at radius 1 is 1.05 bits per heavy atom. The smallest absolute Gasteiger partial charge is 0.175 e. The first-order chi connectivity index (χ1) is 9.41. The molecule has 106 valence electrons. The third kappa shape index (κ3) is 3.25. The number of nitrogens with one attached hydrogen (secondary N) is 1. The van der Waals surface area contributed by atoms with E-state index >= 15 is 0 Å². The Morgan fingerprint density at radius 2 is 1.65 bits per heavy atom. The predicted octanol–water partition coefficient (Wildman–Crippen LogP) is 1.95. The highest BCUT2D eigenvalue weighted by Gasteiger charge is 2.15. The Bertz CT molecular complexity index is 711. The van der Waals surface area contributed by atoms with Gasteiger partial charge < -0.3 is 0 Å². The number of nitrogens with two attached hydrogens (primary N) is 1. The third-order valence-corrected chi connectivity index (χ3v) is 4.27. The summed E-state index contributed by atoms with van der Waals surface area (Å²) in [5.41, 5.74) is 5.69. The number of sulfone groups is 1. The molecule has 2 rings (SSSR count). The molecule has 0 spiro atoms. The van der Waals surface area contributed by atoms with E-state index in [0.717, 1.165) is 16.7 Å². The molecule has 0 aliphatic rings. The van der Waals surface area contributed by atoms with Crippen LogP contribution in [0.5, 0.6) is 0 Å². The maximum atomic E-state index is 11.6. The van der Waals surface area contributed by atoms with Crippen molar-refractivity contribution >= 4 is 9.84 Å². The second-order valence-electron chi connectivity index (χ2n) is 4.86. The standard InChI is InChI=1S/C15H18N2O2S/c1-11-5-3-6-12(9-11)15(17-16)13-7-4-8-14(10-13)20(2,18)19/h3-10,15,17H,16H2,1-2H3. The molecule has 3 N–H and O–H groups in total. The summed E-state index contributed by atoms with van der Waals surface area (Å²) in [5.74, 6) is 5.65. The van der Waals surface area contributed by atoms with Crippen molar-refractivity contribution in [3.05, 3.63) is 65.2 Å². The van der Waals surface area contributed by atoms with Crippen molar-refractivity contribution in [2.24, 2.45) is 5.84 Å². The first-order valence-electron chi connectivity index (χ1n) is 6.24. The number of hydrogen-bond donors (Lipinski definition) is 2. The molecular formula is C15H18N2O2S. The van der Waals surface area contributed by atoms with E-state index in [1.807, 2.05) is 37.3 Å². The molecule has 2 aromatic carbocycles. The minimum absolute atomic E-state index is 0.239. The van der Waals surface area contributed by atoms with Crippen LogP contribution in [0.1, 0.15) is 22.7 Å². The molecule has 0 saturated carbocycles. The fourth-order valence-corrected chi connectivity index (χ4v) is 2.84. The molecule has 20 heavy (non-hydrogen) atoms. The van der Waals surface area contributed by atoms with Crippen molar-refractivity contribution in [3.63, 3.8) is 0 Å². The molecule has 0 bridgehead atoms. The Morgan fingerprint density at radius 3 is 2.20 bits per heavy atom. The fourth-order valence-electron chi connectivity index (χ4n) is 2.16. The Labute approximate surface area is 119 Å². The lowest BCUT2D eigenvalue weighted by atomic mass is 9.98. The summed E-state index contributed by atoms with van der Waals surface area (Å²) in [5, 5.41) is 0. The van der Waals surface area contributed by atoms with Crippen LogP contribution in [-0.2, 0) is 9.84 Å². The predicted molar refractivity (Wildman–Crippen MR) is 79.9 cm³/mol. The molecule has 0 saturated heterocycles. The minimum atomic E-state index is -3.23. The Kier molecular flexibility index (Phi) is 4.23. The highest BCUT2D eigenvalue weighted by Crippen LogP contribution is 2.24. The van der Waals surface area contributed by atoms with Crippen LogP contribution in [-0.4, -0.2) is 14.7 Å². The van der Waals surface area contributed by atoms with Crippen LogP contribution in [0.15, 0.2) is 53.4 Å². The zero-order valence-electron chi connectivity index (χ0n) is 11.5. The summed E-state index contributed by atoms with van der Waals surface area (Å²) in [6, 6.07) is 14.5. The fraction of sp³-hybridized carbons (Fsp3) is 0.200. The van der Waals surface area contributed by atoms with Gasteiger partial charge in [0, 0.05) is 6.26 Å². The van der Waals surface area contributed by atoms with Crippen molar-refractivity contribution in [2.45, 2.75) is 17.9 Å². The number of aryl methyl sites for hydroxylation is 1. The van der Waals surface area contributed by atoms with Gasteiger partial charge in [-0.25, -0.2) is 13.8 Å². The maximum absolute atomic E-state index is 11.6. The third-order valence-electron chi connectivity index (χ3n) is 3.16. The molecular weight excluding hydrogens is 272 g/mol. The highest BCUT2D eigenvalue weighted by atomic mass is 32.2. The largest absolute Gasteiger partial charge is 0.271 e. The lowest BCUT2D eigenvalue weighted by Crippen LogP contribution is -2.29. The molecule has 5 heteroatoms. The van der Waals surface area contributed by atoms with Gasteiger partial charge in [-0.3, -0.25) is 5.84 Å². The SMILES string of the molecule is Cc1cccc(C(NN)c2cccc(S(C)(=O)=O)c2)c1. The Balaban J connectivity index is 2.48. The summed E-state index contributed by atoms with van der Waals surface area (Å²) in [4.78, 5) is 0.294. The summed E-state index contributed by atoms with van der Waals surface area (Å²) >= 11 is 0. The van der Waals surface area contributed by atoms with E-state index in [4.69, 9.17) is 5.84 Å². The summed E-state index contributed by atoms with van der Waals surface area (Å²) in [7, 11) is -3.23. The zero-order valence-corrected chi connectivity index (χ0v) is 12.3. The quantitative estimate of drug-likeness (QED) is 0.667. The van der Waals surface area contributed by atoms with E-state index in [2.05, 4.69) is 5.43 Å². The first-order valence-corrected chi connectivity index (χ1v) is 8.13. The molecule has 1 atom stereocenters. The second-order valence-corrected chi connectivity index (χ2v) is 6.87. The van der Waals surface area contributed by atoms with Gasteiger partial charge in [-0.15, -0.1) is 0 Å². The summed E-state index contributed by atoms with van der Waals surface area (Å²) in [6.07, 6.45) is 1.20. The summed E-state index contributed by atoms with van der Waals surface area (Å²) < 4.78 is 23.3. The molecule has 0 amide bonds. The monoisotopic (exact) mass is 290 g/mol. The van der Waals surface area contributed by atoms with E-state index in [1.165, 1.54) is 6.26 Å². The number of benzene rings is 2. The molecule has 0 heterocycles. The van der Waals surface area contributed by atoms with E-state index < -0.39 is 9.84 Å². The molecule has 0 aliphatic heterocycles. The number of hydrazine groups is 1. The van der Waals surface area contributed by atoms with E-state index in [9.17, 15) is 8.42 Å². The van der Waals surface area contributed by atoms with Crippen LogP contribution in [0.25, 0.3) is 0 Å². The van der Waals surface area contributed by atoms with Crippen LogP contribution in [0.3, 0.4) is 0 Å². The van der Waals surface area contributed by atoms with Crippen molar-refractivity contribution in [2.75, 3.05) is 6.26 Å². The van der Waals surface area contributed by atoms with Gasteiger partial charge in [0.2, 0.25) is 0 Å². The van der Waals surface area contributed by atoms with E-state index in [0.29, 0.717) is 4.90 Å². The van der Waals surface area contributed by atoms with Gasteiger partial charge in [-0.1, -0.05) is 42.0 Å². The van der Waals surface area contributed by atoms with Gasteiger partial charge in [0.25, 0.3) is 0 Å². The zero-order chi connectivity index (χ0) is 14.8. The Hall–Kier alpha value is -1.69. The lowest BCUT2D eigenvalue weighted by molar-refractivity contribution is 0.600. The average molecular weight is 290 g/mol. The van der Waals surface area contributed by atoms with Gasteiger partial charge in [0.15, 0.2) is 9.84 Å². The molecule has 4 nitrogen and oxygen atoms in total. The molecule has 2 aromatic rings. The van der Waals surface area contributed by atoms with Crippen molar-refractivity contribution in [3.8, 4) is 0 Å². The maximum Gasteiger partial charge on any atom is 0.175 e. The van der Waals surface area contributed by atoms with Crippen LogP contribution in [0.2, 0.25) is 0 Å².